The lowest BCUT2D eigenvalue weighted by Crippen LogP contribution is -2.23. The molecule has 0 bridgehead atoms. The number of rotatable bonds is 17. The third kappa shape index (κ3) is 8.02. The molecule has 0 spiro atoms. The lowest BCUT2D eigenvalue weighted by molar-refractivity contribution is 0.112. The van der Waals surface area contributed by atoms with E-state index in [1.54, 1.807) is 0 Å². The van der Waals surface area contributed by atoms with E-state index in [0.717, 1.165) is 79.3 Å². The molecule has 3 aromatic heterocycles. The van der Waals surface area contributed by atoms with E-state index in [2.05, 4.69) is 63.7 Å². The van der Waals surface area contributed by atoms with E-state index in [9.17, 15) is 4.79 Å². The van der Waals surface area contributed by atoms with E-state index in [1.165, 1.54) is 31.4 Å². The number of hydrogen-bond acceptors (Lipinski definition) is 7. The number of pyridine rings is 1. The molecule has 2 N–H and O–H groups in total. The van der Waals surface area contributed by atoms with Crippen molar-refractivity contribution in [3.05, 3.63) is 58.9 Å². The van der Waals surface area contributed by atoms with Gasteiger partial charge in [-0.05, 0) is 108 Å². The van der Waals surface area contributed by atoms with Gasteiger partial charge in [0.25, 0.3) is 0 Å². The number of likely N-dealkylation sites (N-methyl/N-ethyl adjacent to an activating group) is 1. The van der Waals surface area contributed by atoms with Gasteiger partial charge >= 0.3 is 0 Å². The monoisotopic (exact) mass is 584 g/mol. The van der Waals surface area contributed by atoms with Crippen molar-refractivity contribution >= 4 is 24.4 Å². The molecular formula is C34H48N8O. The fourth-order valence-corrected chi connectivity index (χ4v) is 5.87. The van der Waals surface area contributed by atoms with Crippen LogP contribution in [0.15, 0.2) is 30.6 Å². The summed E-state index contributed by atoms with van der Waals surface area (Å²) in [6.45, 7) is 3.82. The molecule has 9 heteroatoms. The highest BCUT2D eigenvalue weighted by molar-refractivity contribution is 5.78. The first-order chi connectivity index (χ1) is 20.9. The molecular weight excluding hydrogens is 536 g/mol. The van der Waals surface area contributed by atoms with Crippen LogP contribution >= 0.6 is 0 Å². The van der Waals surface area contributed by atoms with Crippen LogP contribution in [-0.4, -0.2) is 69.7 Å². The van der Waals surface area contributed by atoms with Gasteiger partial charge in [-0.1, -0.05) is 12.5 Å². The number of hydrogen-bond donors (Lipinski definition) is 2. The Morgan fingerprint density at radius 2 is 1.93 bits per heavy atom. The summed E-state index contributed by atoms with van der Waals surface area (Å²) in [7, 11) is 8.17. The van der Waals surface area contributed by atoms with Crippen LogP contribution in [-0.2, 0) is 13.5 Å². The van der Waals surface area contributed by atoms with Gasteiger partial charge in [0, 0.05) is 55.7 Å². The Kier molecular flexibility index (Phi) is 10.1. The molecule has 43 heavy (non-hydrogen) atoms. The Morgan fingerprint density at radius 3 is 2.63 bits per heavy atom. The highest BCUT2D eigenvalue weighted by Gasteiger charge is 2.35. The maximum Gasteiger partial charge on any atom is 0.203 e. The van der Waals surface area contributed by atoms with E-state index in [-0.39, 0.29) is 0 Å². The van der Waals surface area contributed by atoms with Gasteiger partial charge in [-0.2, -0.15) is 5.10 Å². The van der Waals surface area contributed by atoms with Crippen LogP contribution < -0.4 is 10.6 Å². The van der Waals surface area contributed by atoms with E-state index < -0.39 is 0 Å². The number of aromatic nitrogens is 5. The highest BCUT2D eigenvalue weighted by Crippen LogP contribution is 2.45. The van der Waals surface area contributed by atoms with Gasteiger partial charge in [0.05, 0.1) is 23.3 Å². The molecule has 0 saturated heterocycles. The molecule has 0 amide bonds. The Bertz CT molecular complexity index is 1440. The maximum absolute atomic E-state index is 11.5. The highest BCUT2D eigenvalue weighted by atomic mass is 16.1. The van der Waals surface area contributed by atoms with Gasteiger partial charge in [-0.15, -0.1) is 0 Å². The molecule has 1 unspecified atom stereocenters. The van der Waals surface area contributed by atoms with Crippen molar-refractivity contribution in [3.8, 4) is 11.3 Å². The largest absolute Gasteiger partial charge is 0.390 e. The normalized spacial score (nSPS) is 16.0. The zero-order valence-electron chi connectivity index (χ0n) is 26.5. The van der Waals surface area contributed by atoms with Crippen molar-refractivity contribution in [2.75, 3.05) is 39.5 Å². The molecule has 2 fully saturated rings. The molecule has 3 aromatic rings. The van der Waals surface area contributed by atoms with Crippen LogP contribution in [0, 0.1) is 18.8 Å². The second-order valence-corrected chi connectivity index (χ2v) is 12.4. The number of carbonyl (C=O) groups excluding carboxylic acids is 1. The predicted molar refractivity (Wildman–Crippen MR) is 175 cm³/mol. The van der Waals surface area contributed by atoms with E-state index in [4.69, 9.17) is 9.97 Å². The number of imidazole rings is 1. The SMILES string of the molecule is CNc1nc(/C=C\C2CC2)c(/C=C/NCCN(C)C)n1C(CCCCc1c(-c2cc(C=O)cc(C)n2)cnn1C)C1CC1. The minimum absolute atomic E-state index is 0.402. The van der Waals surface area contributed by atoms with Crippen molar-refractivity contribution in [1.29, 1.82) is 0 Å². The van der Waals surface area contributed by atoms with Crippen molar-refractivity contribution in [2.45, 2.75) is 64.3 Å². The summed E-state index contributed by atoms with van der Waals surface area (Å²) in [6.07, 6.45) is 20.9. The second-order valence-electron chi connectivity index (χ2n) is 12.4. The molecule has 1 atom stereocenters. The molecule has 3 heterocycles. The van der Waals surface area contributed by atoms with Crippen LogP contribution in [0.2, 0.25) is 0 Å². The first kappa shape index (κ1) is 30.7. The van der Waals surface area contributed by atoms with Crippen LogP contribution in [0.5, 0.6) is 0 Å². The average molecular weight is 585 g/mol. The summed E-state index contributed by atoms with van der Waals surface area (Å²) in [5, 5.41) is 11.4. The van der Waals surface area contributed by atoms with Crippen molar-refractivity contribution in [1.82, 2.24) is 34.5 Å². The number of carbonyl (C=O) groups is 1. The second kappa shape index (κ2) is 14.2. The molecule has 2 aliphatic rings. The minimum Gasteiger partial charge on any atom is -0.390 e. The molecule has 5 rings (SSSR count). The van der Waals surface area contributed by atoms with Crippen LogP contribution in [0.1, 0.15) is 84.1 Å². The summed E-state index contributed by atoms with van der Waals surface area (Å²) in [5.41, 5.74) is 6.72. The zero-order valence-corrected chi connectivity index (χ0v) is 26.5. The van der Waals surface area contributed by atoms with Gasteiger partial charge in [0.15, 0.2) is 0 Å². The third-order valence-electron chi connectivity index (χ3n) is 8.52. The van der Waals surface area contributed by atoms with E-state index >= 15 is 0 Å². The molecule has 0 aromatic carbocycles. The lowest BCUT2D eigenvalue weighted by Gasteiger charge is -2.22. The molecule has 2 aliphatic carbocycles. The maximum atomic E-state index is 11.5. The van der Waals surface area contributed by atoms with Crippen LogP contribution in [0.25, 0.3) is 23.4 Å². The summed E-state index contributed by atoms with van der Waals surface area (Å²) >= 11 is 0. The van der Waals surface area contributed by atoms with Gasteiger partial charge in [-0.25, -0.2) is 4.98 Å². The Morgan fingerprint density at radius 1 is 1.12 bits per heavy atom. The van der Waals surface area contributed by atoms with E-state index in [1.807, 2.05) is 44.0 Å². The topological polar surface area (TPSA) is 92.9 Å². The Hall–Kier alpha value is -3.72. The van der Waals surface area contributed by atoms with E-state index in [0.29, 0.717) is 23.4 Å². The summed E-state index contributed by atoms with van der Waals surface area (Å²) < 4.78 is 4.43. The molecule has 0 aliphatic heterocycles. The lowest BCUT2D eigenvalue weighted by atomic mass is 10.0. The van der Waals surface area contributed by atoms with Crippen LogP contribution in [0.4, 0.5) is 5.95 Å². The minimum atomic E-state index is 0.402. The Balaban J connectivity index is 1.32. The summed E-state index contributed by atoms with van der Waals surface area (Å²) in [6, 6.07) is 4.08. The standard InChI is InChI=1S/C34H48N8O/c1-24-20-26(23-43)21-30(38-24)28-22-37-41(5)32(28)9-7-6-8-31(27-13-14-27)42-33(16-17-36-18-19-40(3)4)29(39-34(42)35-2)15-12-25-10-11-25/h12,15-17,20-23,25,27,31,36H,6-11,13-14,18-19H2,1-5H3,(H,35,39)/b15-12-,17-16+. The summed E-state index contributed by atoms with van der Waals surface area (Å²) in [5.74, 6) is 2.33. The predicted octanol–water partition coefficient (Wildman–Crippen LogP) is 5.75. The quantitative estimate of drug-likeness (QED) is 0.154. The first-order valence-electron chi connectivity index (χ1n) is 15.9. The number of allylic oxidation sites excluding steroid dienone is 1. The molecule has 9 nitrogen and oxygen atoms in total. The molecule has 2 saturated carbocycles. The van der Waals surface area contributed by atoms with Crippen molar-refractivity contribution < 1.29 is 4.79 Å². The first-order valence-corrected chi connectivity index (χ1v) is 15.9. The number of anilines is 1. The zero-order chi connectivity index (χ0) is 30.3. The molecule has 230 valence electrons. The van der Waals surface area contributed by atoms with Gasteiger partial charge in [0.2, 0.25) is 5.95 Å². The number of nitrogens with one attached hydrogen (secondary N) is 2. The fourth-order valence-electron chi connectivity index (χ4n) is 5.87. The van der Waals surface area contributed by atoms with Gasteiger partial charge in [0.1, 0.15) is 6.29 Å². The Labute approximate surface area is 256 Å². The third-order valence-corrected chi connectivity index (χ3v) is 8.52. The summed E-state index contributed by atoms with van der Waals surface area (Å²) in [4.78, 5) is 23.4. The van der Waals surface area contributed by atoms with Gasteiger partial charge in [-0.3, -0.25) is 14.5 Å². The molecule has 0 radical (unpaired) electrons. The smallest absolute Gasteiger partial charge is 0.203 e. The number of aryl methyl sites for hydroxylation is 2. The average Bonchev–Trinajstić information content (AvgIpc) is 3.92. The number of unbranched alkanes of at least 4 members (excludes halogenated alkanes) is 1. The van der Waals surface area contributed by atoms with Crippen LogP contribution in [0.3, 0.4) is 0 Å². The van der Waals surface area contributed by atoms with Crippen molar-refractivity contribution in [2.24, 2.45) is 18.9 Å². The van der Waals surface area contributed by atoms with Gasteiger partial charge < -0.3 is 20.1 Å². The number of aldehydes is 1. The number of nitrogens with zero attached hydrogens (tertiary/aromatic N) is 6. The van der Waals surface area contributed by atoms with Crippen molar-refractivity contribution in [3.63, 3.8) is 0 Å². The fraction of sp³-hybridized carbons (Fsp3) is 0.529.